The van der Waals surface area contributed by atoms with Gasteiger partial charge in [0.05, 0.1) is 10.3 Å². The number of nitrogens with zero attached hydrogens (tertiary/aromatic N) is 1. The maximum atomic E-state index is 6.07. The summed E-state index contributed by atoms with van der Waals surface area (Å²) in [6.45, 7) is 0. The second-order valence-corrected chi connectivity index (χ2v) is 6.24. The lowest BCUT2D eigenvalue weighted by molar-refractivity contribution is -0.0995. The average molecular weight is 283 g/mol. The molecule has 1 aromatic rings. The Labute approximate surface area is 116 Å². The molecule has 0 radical (unpaired) electrons. The van der Waals surface area contributed by atoms with E-state index >= 15 is 0 Å². The zero-order valence-corrected chi connectivity index (χ0v) is 11.9. The van der Waals surface area contributed by atoms with Gasteiger partial charge in [-0.2, -0.15) is 0 Å². The van der Waals surface area contributed by atoms with Gasteiger partial charge in [0, 0.05) is 30.9 Å². The first-order valence-corrected chi connectivity index (χ1v) is 7.05. The van der Waals surface area contributed by atoms with Crippen molar-refractivity contribution in [2.75, 3.05) is 14.2 Å². The van der Waals surface area contributed by atoms with E-state index in [0.717, 1.165) is 16.5 Å². The SMILES string of the molecule is COC12c3ccc(Cl)cc3CC1SC(=CN)N2C. The molecular weight excluding hydrogens is 268 g/mol. The number of benzene rings is 1. The number of thioether (sulfide) groups is 1. The molecule has 0 aromatic heterocycles. The monoisotopic (exact) mass is 282 g/mol. The van der Waals surface area contributed by atoms with Crippen LogP contribution in [0.4, 0.5) is 0 Å². The van der Waals surface area contributed by atoms with E-state index in [1.54, 1.807) is 25.1 Å². The number of ether oxygens (including phenoxy) is 1. The maximum Gasteiger partial charge on any atom is 0.180 e. The van der Waals surface area contributed by atoms with Crippen LogP contribution in [-0.2, 0) is 16.9 Å². The minimum atomic E-state index is -0.407. The summed E-state index contributed by atoms with van der Waals surface area (Å²) in [5, 5.41) is 2.17. The van der Waals surface area contributed by atoms with Crippen molar-refractivity contribution in [3.05, 3.63) is 45.6 Å². The molecular formula is C13H15ClN2OS. The number of methoxy groups -OCH3 is 1. The molecule has 3 rings (SSSR count). The van der Waals surface area contributed by atoms with Crippen LogP contribution >= 0.6 is 23.4 Å². The summed E-state index contributed by atoms with van der Waals surface area (Å²) in [6, 6.07) is 6.03. The molecule has 0 bridgehead atoms. The minimum absolute atomic E-state index is 0.329. The molecule has 2 unspecified atom stereocenters. The van der Waals surface area contributed by atoms with Crippen molar-refractivity contribution >= 4 is 23.4 Å². The van der Waals surface area contributed by atoms with Gasteiger partial charge >= 0.3 is 0 Å². The van der Waals surface area contributed by atoms with Crippen LogP contribution in [-0.4, -0.2) is 24.3 Å². The van der Waals surface area contributed by atoms with Crippen molar-refractivity contribution < 1.29 is 4.74 Å². The summed E-state index contributed by atoms with van der Waals surface area (Å²) >= 11 is 7.84. The largest absolute Gasteiger partial charge is 0.403 e. The van der Waals surface area contributed by atoms with Gasteiger partial charge in [0.2, 0.25) is 0 Å². The number of rotatable bonds is 1. The Hall–Kier alpha value is -0.840. The Morgan fingerprint density at radius 3 is 3.06 bits per heavy atom. The molecule has 18 heavy (non-hydrogen) atoms. The Bertz CT molecular complexity index is 534. The first-order valence-electron chi connectivity index (χ1n) is 5.80. The first-order chi connectivity index (χ1) is 8.63. The normalized spacial score (nSPS) is 31.8. The van der Waals surface area contributed by atoms with Gasteiger partial charge in [-0.05, 0) is 24.1 Å². The third-order valence-electron chi connectivity index (χ3n) is 3.84. The molecule has 5 heteroatoms. The summed E-state index contributed by atoms with van der Waals surface area (Å²) in [6.07, 6.45) is 2.61. The standard InChI is InChI=1S/C13H15ClN2OS/c1-16-12(7-15)18-11-6-8-5-9(14)3-4-10(8)13(11,16)17-2/h3-5,7,11H,6,15H2,1-2H3. The van der Waals surface area contributed by atoms with Gasteiger partial charge in [0.25, 0.3) is 0 Å². The summed E-state index contributed by atoms with van der Waals surface area (Å²) in [7, 11) is 3.78. The average Bonchev–Trinajstić information content (AvgIpc) is 2.81. The second-order valence-electron chi connectivity index (χ2n) is 4.58. The van der Waals surface area contributed by atoms with Gasteiger partial charge in [-0.1, -0.05) is 29.4 Å². The highest BCUT2D eigenvalue weighted by Gasteiger charge is 2.56. The second kappa shape index (κ2) is 4.08. The fraction of sp³-hybridized carbons (Fsp3) is 0.385. The predicted octanol–water partition coefficient (Wildman–Crippen LogP) is 2.50. The van der Waals surface area contributed by atoms with E-state index in [1.807, 2.05) is 19.2 Å². The number of hydrogen-bond acceptors (Lipinski definition) is 4. The van der Waals surface area contributed by atoms with Crippen molar-refractivity contribution in [2.45, 2.75) is 17.4 Å². The van der Waals surface area contributed by atoms with Crippen LogP contribution in [0.5, 0.6) is 0 Å². The summed E-state index contributed by atoms with van der Waals surface area (Å²) in [4.78, 5) is 2.13. The van der Waals surface area contributed by atoms with Crippen molar-refractivity contribution in [1.82, 2.24) is 4.90 Å². The lowest BCUT2D eigenvalue weighted by atomic mass is 10.0. The molecule has 1 heterocycles. The predicted molar refractivity (Wildman–Crippen MR) is 75.3 cm³/mol. The van der Waals surface area contributed by atoms with Gasteiger partial charge in [0.1, 0.15) is 0 Å². The number of halogens is 1. The molecule has 0 amide bonds. The van der Waals surface area contributed by atoms with Crippen LogP contribution in [0.25, 0.3) is 0 Å². The van der Waals surface area contributed by atoms with E-state index in [4.69, 9.17) is 22.1 Å². The quantitative estimate of drug-likeness (QED) is 0.859. The van der Waals surface area contributed by atoms with E-state index in [1.165, 1.54) is 11.1 Å². The highest BCUT2D eigenvalue weighted by molar-refractivity contribution is 8.03. The lowest BCUT2D eigenvalue weighted by Gasteiger charge is -2.36. The smallest absolute Gasteiger partial charge is 0.180 e. The molecule has 3 nitrogen and oxygen atoms in total. The fourth-order valence-electron chi connectivity index (χ4n) is 3.03. The highest BCUT2D eigenvalue weighted by atomic mass is 35.5. The third-order valence-corrected chi connectivity index (χ3v) is 5.50. The zero-order chi connectivity index (χ0) is 12.9. The Balaban J connectivity index is 2.17. The first kappa shape index (κ1) is 12.2. The summed E-state index contributed by atoms with van der Waals surface area (Å²) < 4.78 is 5.90. The zero-order valence-electron chi connectivity index (χ0n) is 10.3. The lowest BCUT2D eigenvalue weighted by Crippen LogP contribution is -2.44. The molecule has 0 spiro atoms. The van der Waals surface area contributed by atoms with Gasteiger partial charge in [-0.3, -0.25) is 0 Å². The Morgan fingerprint density at radius 2 is 2.39 bits per heavy atom. The van der Waals surface area contributed by atoms with E-state index in [9.17, 15) is 0 Å². The fourth-order valence-corrected chi connectivity index (χ4v) is 4.69. The van der Waals surface area contributed by atoms with E-state index in [-0.39, 0.29) is 0 Å². The highest BCUT2D eigenvalue weighted by Crippen LogP contribution is 2.56. The van der Waals surface area contributed by atoms with Crippen LogP contribution in [0.15, 0.2) is 29.4 Å². The topological polar surface area (TPSA) is 38.5 Å². The third kappa shape index (κ3) is 1.37. The van der Waals surface area contributed by atoms with Crippen LogP contribution < -0.4 is 5.73 Å². The molecule has 96 valence electrons. The van der Waals surface area contributed by atoms with E-state index in [2.05, 4.69) is 11.0 Å². The summed E-state index contributed by atoms with van der Waals surface area (Å²) in [5.41, 5.74) is 7.75. The van der Waals surface area contributed by atoms with Gasteiger partial charge in [0.15, 0.2) is 5.72 Å². The molecule has 1 saturated heterocycles. The van der Waals surface area contributed by atoms with E-state index < -0.39 is 5.72 Å². The van der Waals surface area contributed by atoms with Gasteiger partial charge < -0.3 is 15.4 Å². The summed E-state index contributed by atoms with van der Waals surface area (Å²) in [5.74, 6) is 0. The molecule has 1 aromatic carbocycles. The molecule has 2 aliphatic rings. The van der Waals surface area contributed by atoms with Crippen molar-refractivity contribution in [3.8, 4) is 0 Å². The van der Waals surface area contributed by atoms with Crippen molar-refractivity contribution in [3.63, 3.8) is 0 Å². The number of fused-ring (bicyclic) bond motifs is 3. The molecule has 0 saturated carbocycles. The van der Waals surface area contributed by atoms with Crippen LogP contribution in [0.2, 0.25) is 5.02 Å². The molecule has 1 aliphatic heterocycles. The van der Waals surface area contributed by atoms with Crippen LogP contribution in [0.1, 0.15) is 11.1 Å². The van der Waals surface area contributed by atoms with Gasteiger partial charge in [-0.15, -0.1) is 0 Å². The van der Waals surface area contributed by atoms with E-state index in [0.29, 0.717) is 5.25 Å². The van der Waals surface area contributed by atoms with Gasteiger partial charge in [-0.25, -0.2) is 0 Å². The maximum absolute atomic E-state index is 6.07. The molecule has 1 aliphatic carbocycles. The van der Waals surface area contributed by atoms with Crippen LogP contribution in [0.3, 0.4) is 0 Å². The molecule has 2 N–H and O–H groups in total. The van der Waals surface area contributed by atoms with Crippen LogP contribution in [0, 0.1) is 0 Å². The number of hydrogen-bond donors (Lipinski definition) is 1. The van der Waals surface area contributed by atoms with Crippen molar-refractivity contribution in [2.24, 2.45) is 5.73 Å². The molecule has 2 atom stereocenters. The Morgan fingerprint density at radius 1 is 1.61 bits per heavy atom. The minimum Gasteiger partial charge on any atom is -0.403 e. The number of nitrogens with two attached hydrogens (primary N) is 1. The molecule has 1 fully saturated rings. The van der Waals surface area contributed by atoms with Crippen molar-refractivity contribution in [1.29, 1.82) is 0 Å². The Kier molecular flexibility index (Phi) is 2.77.